The molecule has 0 radical (unpaired) electrons. The van der Waals surface area contributed by atoms with E-state index in [1.807, 2.05) is 54.6 Å². The number of ether oxygens (including phenoxy) is 1. The first-order chi connectivity index (χ1) is 15.1. The molecule has 0 bridgehead atoms. The maximum atomic E-state index is 12.8. The van der Waals surface area contributed by atoms with Gasteiger partial charge >= 0.3 is 11.7 Å². The molecule has 1 amide bonds. The van der Waals surface area contributed by atoms with Gasteiger partial charge in [0.25, 0.3) is 0 Å². The van der Waals surface area contributed by atoms with E-state index < -0.39 is 10.9 Å². The molecule has 2 aliphatic rings. The van der Waals surface area contributed by atoms with Crippen molar-refractivity contribution >= 4 is 34.7 Å². The number of aromatic nitrogens is 2. The zero-order chi connectivity index (χ0) is 21.4. The number of imidazole rings is 1. The maximum Gasteiger partial charge on any atom is 0.329 e. The van der Waals surface area contributed by atoms with Gasteiger partial charge < -0.3 is 14.6 Å². The third kappa shape index (κ3) is 3.35. The van der Waals surface area contributed by atoms with Gasteiger partial charge in [-0.3, -0.25) is 9.36 Å². The highest BCUT2D eigenvalue weighted by atomic mass is 32.2. The number of nitrogens with zero attached hydrogens (tertiary/aromatic N) is 2. The molecule has 5 rings (SSSR count). The summed E-state index contributed by atoms with van der Waals surface area (Å²) in [5, 5.41) is 0. The number of amides is 1. The minimum Gasteiger partial charge on any atom is -0.464 e. The van der Waals surface area contributed by atoms with Crippen molar-refractivity contribution in [1.29, 1.82) is 0 Å². The van der Waals surface area contributed by atoms with Gasteiger partial charge in [-0.25, -0.2) is 9.59 Å². The molecule has 1 N–H and O–H groups in total. The van der Waals surface area contributed by atoms with Crippen LogP contribution in [0.15, 0.2) is 59.4 Å². The van der Waals surface area contributed by atoms with Crippen molar-refractivity contribution in [2.45, 2.75) is 36.7 Å². The summed E-state index contributed by atoms with van der Waals surface area (Å²) >= 11 is 1.65. The molecule has 7 nitrogen and oxygen atoms in total. The number of rotatable bonds is 6. The number of benzene rings is 2. The fourth-order valence-electron chi connectivity index (χ4n) is 4.64. The number of fused-ring (bicyclic) bond motifs is 2. The van der Waals surface area contributed by atoms with Crippen LogP contribution in [-0.2, 0) is 25.7 Å². The van der Waals surface area contributed by atoms with Crippen LogP contribution in [0.5, 0.6) is 0 Å². The summed E-state index contributed by atoms with van der Waals surface area (Å²) < 4.78 is 7.19. The largest absolute Gasteiger partial charge is 0.464 e. The van der Waals surface area contributed by atoms with Crippen LogP contribution < -0.4 is 5.69 Å². The van der Waals surface area contributed by atoms with E-state index in [2.05, 4.69) is 4.98 Å². The molecule has 2 atom stereocenters. The average molecular weight is 438 g/mol. The molecule has 8 heteroatoms. The van der Waals surface area contributed by atoms with Crippen LogP contribution >= 0.6 is 11.8 Å². The second-order valence-electron chi connectivity index (χ2n) is 7.86. The first kappa shape index (κ1) is 19.9. The molecular formula is C23H23N3O4S. The van der Waals surface area contributed by atoms with Crippen molar-refractivity contribution in [2.75, 3.05) is 12.4 Å². The van der Waals surface area contributed by atoms with E-state index in [0.717, 1.165) is 16.6 Å². The number of nitrogens with one attached hydrogen (secondary N) is 1. The van der Waals surface area contributed by atoms with Gasteiger partial charge in [0, 0.05) is 18.7 Å². The number of carbonyl (C=O) groups is 2. The lowest BCUT2D eigenvalue weighted by Gasteiger charge is -2.33. The first-order valence-electron chi connectivity index (χ1n) is 10.5. The summed E-state index contributed by atoms with van der Waals surface area (Å²) in [7, 11) is 0. The molecule has 2 aliphatic heterocycles. The number of thioether (sulfide) groups is 1. The van der Waals surface area contributed by atoms with Gasteiger partial charge in [-0.05, 0) is 30.5 Å². The van der Waals surface area contributed by atoms with Gasteiger partial charge in [0.15, 0.2) is 0 Å². The molecule has 31 heavy (non-hydrogen) atoms. The van der Waals surface area contributed by atoms with E-state index in [4.69, 9.17) is 4.74 Å². The first-order valence-corrected chi connectivity index (χ1v) is 11.4. The molecule has 0 saturated carbocycles. The Labute approximate surface area is 183 Å². The molecule has 160 valence electrons. The van der Waals surface area contributed by atoms with Crippen molar-refractivity contribution in [3.63, 3.8) is 0 Å². The minimum absolute atomic E-state index is 0.00106. The summed E-state index contributed by atoms with van der Waals surface area (Å²) in [6, 6.07) is 16.8. The van der Waals surface area contributed by atoms with Gasteiger partial charge in [-0.15, -0.1) is 11.8 Å². The quantitative estimate of drug-likeness (QED) is 0.474. The van der Waals surface area contributed by atoms with Gasteiger partial charge in [-0.1, -0.05) is 42.5 Å². The Morgan fingerprint density at radius 3 is 2.74 bits per heavy atom. The van der Waals surface area contributed by atoms with E-state index >= 15 is 0 Å². The zero-order valence-electron chi connectivity index (χ0n) is 17.0. The third-order valence-corrected chi connectivity index (χ3v) is 7.67. The lowest BCUT2D eigenvalue weighted by molar-refractivity contribution is -0.154. The monoisotopic (exact) mass is 437 g/mol. The van der Waals surface area contributed by atoms with Gasteiger partial charge in [0.05, 0.1) is 17.6 Å². The van der Waals surface area contributed by atoms with Crippen LogP contribution in [-0.4, -0.2) is 44.7 Å². The van der Waals surface area contributed by atoms with E-state index in [0.29, 0.717) is 31.6 Å². The molecular weight excluding hydrogens is 414 g/mol. The number of hydrogen-bond donors (Lipinski definition) is 1. The van der Waals surface area contributed by atoms with Crippen molar-refractivity contribution in [3.8, 4) is 0 Å². The van der Waals surface area contributed by atoms with Crippen LogP contribution in [0.25, 0.3) is 11.0 Å². The van der Waals surface area contributed by atoms with Gasteiger partial charge in [0.1, 0.15) is 10.9 Å². The van der Waals surface area contributed by atoms with Crippen LogP contribution in [0.4, 0.5) is 0 Å². The number of esters is 1. The molecule has 3 aromatic rings. The highest BCUT2D eigenvalue weighted by Crippen LogP contribution is 2.54. The molecule has 3 heterocycles. The smallest absolute Gasteiger partial charge is 0.329 e. The zero-order valence-corrected chi connectivity index (χ0v) is 17.8. The summed E-state index contributed by atoms with van der Waals surface area (Å²) in [6.07, 6.45) is 1.66. The average Bonchev–Trinajstić information content (AvgIpc) is 3.44. The second-order valence-corrected chi connectivity index (χ2v) is 9.16. The van der Waals surface area contributed by atoms with Crippen LogP contribution in [0.2, 0.25) is 0 Å². The number of aryl methyl sites for hydroxylation is 1. The van der Waals surface area contributed by atoms with Crippen molar-refractivity contribution in [3.05, 3.63) is 70.6 Å². The van der Waals surface area contributed by atoms with Crippen molar-refractivity contribution in [1.82, 2.24) is 14.5 Å². The second kappa shape index (κ2) is 7.92. The highest BCUT2D eigenvalue weighted by molar-refractivity contribution is 8.00. The molecule has 2 saturated heterocycles. The van der Waals surface area contributed by atoms with E-state index in [1.54, 1.807) is 21.2 Å². The molecule has 0 aliphatic carbocycles. The summed E-state index contributed by atoms with van der Waals surface area (Å²) in [5.41, 5.74) is 2.51. The van der Waals surface area contributed by atoms with Gasteiger partial charge in [0.2, 0.25) is 5.91 Å². The normalized spacial score (nSPS) is 22.8. The summed E-state index contributed by atoms with van der Waals surface area (Å²) in [6.45, 7) is 0.651. The van der Waals surface area contributed by atoms with Gasteiger partial charge in [-0.2, -0.15) is 0 Å². The third-order valence-electron chi connectivity index (χ3n) is 6.08. The van der Waals surface area contributed by atoms with Crippen LogP contribution in [0, 0.1) is 0 Å². The molecule has 0 unspecified atom stereocenters. The standard InChI is InChI=1S/C23H23N3O4S/c27-20-11-12-23(16-7-2-1-3-8-16)26(20)19(15-31-23)21(28)30-14-6-13-25-18-10-5-4-9-17(18)24-22(25)29/h1-5,7-10,19H,6,11-15H2,(H,24,29)/t19-,23-/m1/s1. The molecule has 0 spiro atoms. The number of H-pyrrole nitrogens is 1. The summed E-state index contributed by atoms with van der Waals surface area (Å²) in [4.78, 5) is 41.7. The van der Waals surface area contributed by atoms with Crippen molar-refractivity contribution < 1.29 is 14.3 Å². The highest BCUT2D eigenvalue weighted by Gasteiger charge is 2.57. The van der Waals surface area contributed by atoms with Crippen molar-refractivity contribution in [2.24, 2.45) is 0 Å². The fraction of sp³-hybridized carbons (Fsp3) is 0.348. The van der Waals surface area contributed by atoms with E-state index in [9.17, 15) is 14.4 Å². The van der Waals surface area contributed by atoms with E-state index in [1.165, 1.54) is 0 Å². The summed E-state index contributed by atoms with van der Waals surface area (Å²) in [5.74, 6) is 0.162. The number of hydrogen-bond acceptors (Lipinski definition) is 5. The maximum absolute atomic E-state index is 12.8. The SMILES string of the molecule is O=C(OCCCn1c(=O)[nH]c2ccccc21)[C@H]1CS[C@@]2(c3ccccc3)CCC(=O)N12. The Kier molecular flexibility index (Phi) is 5.09. The Balaban J connectivity index is 1.23. The lowest BCUT2D eigenvalue weighted by atomic mass is 10.0. The Hall–Kier alpha value is -3.00. The molecule has 2 fully saturated rings. The van der Waals surface area contributed by atoms with E-state index in [-0.39, 0.29) is 24.2 Å². The number of para-hydroxylation sites is 2. The lowest BCUT2D eigenvalue weighted by Crippen LogP contribution is -2.46. The molecule has 2 aromatic carbocycles. The van der Waals surface area contributed by atoms with Crippen LogP contribution in [0.1, 0.15) is 24.8 Å². The number of aromatic amines is 1. The predicted molar refractivity (Wildman–Crippen MR) is 119 cm³/mol. The topological polar surface area (TPSA) is 84.4 Å². The van der Waals surface area contributed by atoms with Crippen LogP contribution in [0.3, 0.4) is 0 Å². The predicted octanol–water partition coefficient (Wildman–Crippen LogP) is 2.85. The Bertz CT molecular complexity index is 1190. The minimum atomic E-state index is -0.573. The fourth-order valence-corrected chi connectivity index (χ4v) is 6.27. The number of carbonyl (C=O) groups excluding carboxylic acids is 2. The Morgan fingerprint density at radius 1 is 1.13 bits per heavy atom. The molecule has 1 aromatic heterocycles. The Morgan fingerprint density at radius 2 is 1.90 bits per heavy atom.